The Morgan fingerprint density at radius 3 is 2.71 bits per heavy atom. The van der Waals surface area contributed by atoms with Gasteiger partial charge in [-0.25, -0.2) is 0 Å². The maximum atomic E-state index is 12.0. The Labute approximate surface area is 123 Å². The molecule has 2 aromatic rings. The van der Waals surface area contributed by atoms with Gasteiger partial charge in [0.05, 0.1) is 11.3 Å². The summed E-state index contributed by atoms with van der Waals surface area (Å²) < 4.78 is 5.15. The Kier molecular flexibility index (Phi) is 4.37. The van der Waals surface area contributed by atoms with Crippen LogP contribution in [0.1, 0.15) is 32.5 Å². The molecular formula is C15H20N4O2. The molecule has 0 aliphatic carbocycles. The fourth-order valence-electron chi connectivity index (χ4n) is 1.83. The third-order valence-electron chi connectivity index (χ3n) is 2.96. The van der Waals surface area contributed by atoms with E-state index in [0.29, 0.717) is 35.8 Å². The molecule has 0 unspecified atom stereocenters. The van der Waals surface area contributed by atoms with E-state index in [-0.39, 0.29) is 11.4 Å². The van der Waals surface area contributed by atoms with E-state index < -0.39 is 0 Å². The molecular weight excluding hydrogens is 268 g/mol. The molecule has 0 fully saturated rings. The molecule has 1 aromatic heterocycles. The van der Waals surface area contributed by atoms with Crippen molar-refractivity contribution in [3.8, 4) is 11.5 Å². The van der Waals surface area contributed by atoms with Gasteiger partial charge in [-0.05, 0) is 39.3 Å². The summed E-state index contributed by atoms with van der Waals surface area (Å²) in [5.74, 6) is 0.857. The highest BCUT2D eigenvalue weighted by Gasteiger charge is 2.16. The molecule has 0 aliphatic heterocycles. The lowest BCUT2D eigenvalue weighted by Crippen LogP contribution is -2.33. The summed E-state index contributed by atoms with van der Waals surface area (Å²) in [5, 5.41) is 6.64. The molecule has 3 N–H and O–H groups in total. The van der Waals surface area contributed by atoms with Crippen LogP contribution >= 0.6 is 0 Å². The Morgan fingerprint density at radius 1 is 1.38 bits per heavy atom. The van der Waals surface area contributed by atoms with Crippen molar-refractivity contribution in [3.63, 3.8) is 0 Å². The first-order valence-electron chi connectivity index (χ1n) is 6.83. The summed E-state index contributed by atoms with van der Waals surface area (Å²) in [7, 11) is 0. The first kappa shape index (κ1) is 15.2. The van der Waals surface area contributed by atoms with E-state index in [9.17, 15) is 4.79 Å². The van der Waals surface area contributed by atoms with Crippen LogP contribution in [0.3, 0.4) is 0 Å². The number of aryl methyl sites for hydroxylation is 1. The van der Waals surface area contributed by atoms with Gasteiger partial charge in [-0.1, -0.05) is 17.3 Å². The molecule has 1 heterocycles. The summed E-state index contributed by atoms with van der Waals surface area (Å²) in [6.07, 6.45) is 0.974. The molecule has 0 radical (unpaired) electrons. The standard InChI is InChI=1S/C15H20N4O2/c1-10-17-14(21-19-10)11-6-4-5-7-12(11)18-13(20)8-9-15(2,3)16/h4-7H,8-9,16H2,1-3H3,(H,18,20). The molecule has 1 amide bonds. The average Bonchev–Trinajstić information content (AvgIpc) is 2.83. The molecule has 0 bridgehead atoms. The van der Waals surface area contributed by atoms with E-state index in [2.05, 4.69) is 15.5 Å². The maximum absolute atomic E-state index is 12.0. The molecule has 21 heavy (non-hydrogen) atoms. The molecule has 0 saturated heterocycles. The molecule has 0 atom stereocenters. The molecule has 2 rings (SSSR count). The lowest BCUT2D eigenvalue weighted by atomic mass is 10.00. The summed E-state index contributed by atoms with van der Waals surface area (Å²) in [4.78, 5) is 16.2. The van der Waals surface area contributed by atoms with Gasteiger partial charge >= 0.3 is 0 Å². The number of carbonyl (C=O) groups is 1. The van der Waals surface area contributed by atoms with Gasteiger partial charge in [0.25, 0.3) is 5.89 Å². The Hall–Kier alpha value is -2.21. The van der Waals surface area contributed by atoms with Crippen LogP contribution in [0.15, 0.2) is 28.8 Å². The van der Waals surface area contributed by atoms with Gasteiger partial charge < -0.3 is 15.6 Å². The van der Waals surface area contributed by atoms with Crippen molar-refractivity contribution in [2.24, 2.45) is 5.73 Å². The van der Waals surface area contributed by atoms with Crippen molar-refractivity contribution >= 4 is 11.6 Å². The summed E-state index contributed by atoms with van der Waals surface area (Å²) in [6.45, 7) is 5.54. The van der Waals surface area contributed by atoms with Crippen molar-refractivity contribution in [1.29, 1.82) is 0 Å². The van der Waals surface area contributed by atoms with E-state index in [0.717, 1.165) is 0 Å². The lowest BCUT2D eigenvalue weighted by molar-refractivity contribution is -0.116. The first-order chi connectivity index (χ1) is 9.85. The predicted octanol–water partition coefficient (Wildman–Crippen LogP) is 2.50. The summed E-state index contributed by atoms with van der Waals surface area (Å²) in [6, 6.07) is 7.33. The number of benzene rings is 1. The SMILES string of the molecule is Cc1noc(-c2ccccc2NC(=O)CCC(C)(C)N)n1. The van der Waals surface area contributed by atoms with E-state index in [4.69, 9.17) is 10.3 Å². The van der Waals surface area contributed by atoms with Gasteiger partial charge in [-0.15, -0.1) is 0 Å². The highest BCUT2D eigenvalue weighted by molar-refractivity contribution is 5.94. The number of hydrogen-bond donors (Lipinski definition) is 2. The number of amides is 1. The number of nitrogens with zero attached hydrogens (tertiary/aromatic N) is 2. The highest BCUT2D eigenvalue weighted by Crippen LogP contribution is 2.26. The van der Waals surface area contributed by atoms with Crippen LogP contribution in [0.4, 0.5) is 5.69 Å². The largest absolute Gasteiger partial charge is 0.334 e. The fourth-order valence-corrected chi connectivity index (χ4v) is 1.83. The molecule has 0 spiro atoms. The topological polar surface area (TPSA) is 94.0 Å². The third kappa shape index (κ3) is 4.39. The lowest BCUT2D eigenvalue weighted by Gasteiger charge is -2.17. The highest BCUT2D eigenvalue weighted by atomic mass is 16.5. The van der Waals surface area contributed by atoms with Crippen LogP contribution < -0.4 is 11.1 Å². The zero-order chi connectivity index (χ0) is 15.5. The van der Waals surface area contributed by atoms with E-state index in [1.165, 1.54) is 0 Å². The second kappa shape index (κ2) is 6.05. The Balaban J connectivity index is 2.12. The molecule has 0 saturated carbocycles. The van der Waals surface area contributed by atoms with Gasteiger partial charge in [0.1, 0.15) is 0 Å². The van der Waals surface area contributed by atoms with E-state index in [1.54, 1.807) is 13.0 Å². The Bertz CT molecular complexity index is 629. The summed E-state index contributed by atoms with van der Waals surface area (Å²) >= 11 is 0. The van der Waals surface area contributed by atoms with Crippen molar-refractivity contribution < 1.29 is 9.32 Å². The first-order valence-corrected chi connectivity index (χ1v) is 6.83. The van der Waals surface area contributed by atoms with Gasteiger partial charge in [0, 0.05) is 12.0 Å². The predicted molar refractivity (Wildman–Crippen MR) is 80.6 cm³/mol. The van der Waals surface area contributed by atoms with E-state index >= 15 is 0 Å². The summed E-state index contributed by atoms with van der Waals surface area (Å²) in [5.41, 5.74) is 6.89. The maximum Gasteiger partial charge on any atom is 0.260 e. The van der Waals surface area contributed by atoms with Crippen molar-refractivity contribution in [2.75, 3.05) is 5.32 Å². The zero-order valence-corrected chi connectivity index (χ0v) is 12.5. The number of carbonyl (C=O) groups excluding carboxylic acids is 1. The quantitative estimate of drug-likeness (QED) is 0.881. The van der Waals surface area contributed by atoms with Crippen molar-refractivity contribution in [2.45, 2.75) is 39.2 Å². The van der Waals surface area contributed by atoms with Gasteiger partial charge in [-0.2, -0.15) is 4.98 Å². The fraction of sp³-hybridized carbons (Fsp3) is 0.400. The zero-order valence-electron chi connectivity index (χ0n) is 12.5. The molecule has 6 nitrogen and oxygen atoms in total. The van der Waals surface area contributed by atoms with Crippen LogP contribution in [0.5, 0.6) is 0 Å². The van der Waals surface area contributed by atoms with Gasteiger partial charge in [0.2, 0.25) is 5.91 Å². The third-order valence-corrected chi connectivity index (χ3v) is 2.96. The minimum absolute atomic E-state index is 0.0859. The smallest absolute Gasteiger partial charge is 0.260 e. The number of hydrogen-bond acceptors (Lipinski definition) is 5. The van der Waals surface area contributed by atoms with Crippen LogP contribution in [-0.2, 0) is 4.79 Å². The second-order valence-corrected chi connectivity index (χ2v) is 5.73. The number of nitrogens with two attached hydrogens (primary N) is 1. The van der Waals surface area contributed by atoms with Crippen LogP contribution in [-0.4, -0.2) is 21.6 Å². The van der Waals surface area contributed by atoms with Crippen LogP contribution in [0.2, 0.25) is 0 Å². The number of para-hydroxylation sites is 1. The van der Waals surface area contributed by atoms with Gasteiger partial charge in [-0.3, -0.25) is 4.79 Å². The normalized spacial score (nSPS) is 11.4. The second-order valence-electron chi connectivity index (χ2n) is 5.73. The Morgan fingerprint density at radius 2 is 2.10 bits per heavy atom. The number of anilines is 1. The molecule has 112 valence electrons. The minimum atomic E-state index is -0.361. The number of nitrogens with one attached hydrogen (secondary N) is 1. The molecule has 6 heteroatoms. The average molecular weight is 288 g/mol. The minimum Gasteiger partial charge on any atom is -0.334 e. The van der Waals surface area contributed by atoms with Crippen molar-refractivity contribution in [1.82, 2.24) is 10.1 Å². The van der Waals surface area contributed by atoms with E-state index in [1.807, 2.05) is 32.0 Å². The molecule has 0 aliphatic rings. The van der Waals surface area contributed by atoms with Crippen LogP contribution in [0, 0.1) is 6.92 Å². The van der Waals surface area contributed by atoms with Crippen LogP contribution in [0.25, 0.3) is 11.5 Å². The monoisotopic (exact) mass is 288 g/mol. The van der Waals surface area contributed by atoms with Crippen molar-refractivity contribution in [3.05, 3.63) is 30.1 Å². The van der Waals surface area contributed by atoms with Gasteiger partial charge in [0.15, 0.2) is 5.82 Å². The number of rotatable bonds is 5. The molecule has 1 aromatic carbocycles. The number of aromatic nitrogens is 2.